The summed E-state index contributed by atoms with van der Waals surface area (Å²) in [6.07, 6.45) is 7.20. The van der Waals surface area contributed by atoms with Gasteiger partial charge in [-0.2, -0.15) is 0 Å². The molecule has 4 nitrogen and oxygen atoms in total. The molecule has 0 heterocycles. The lowest BCUT2D eigenvalue weighted by atomic mass is 10.0. The number of ether oxygens (including phenoxy) is 1. The molecule has 0 fully saturated rings. The minimum absolute atomic E-state index is 0.233. The van der Waals surface area contributed by atoms with Crippen LogP contribution < -0.4 is 4.74 Å². The number of carboxylic acid groups (broad SMARTS) is 1. The van der Waals surface area contributed by atoms with E-state index in [1.165, 1.54) is 0 Å². The van der Waals surface area contributed by atoms with Crippen LogP contribution >= 0.6 is 0 Å². The number of aliphatic hydroxyl groups excluding tert-OH is 1. The van der Waals surface area contributed by atoms with Gasteiger partial charge in [-0.15, -0.1) is 0 Å². The third-order valence-corrected chi connectivity index (χ3v) is 3.90. The summed E-state index contributed by atoms with van der Waals surface area (Å²) in [7, 11) is 0. The summed E-state index contributed by atoms with van der Waals surface area (Å²) in [5.41, 5.74) is 0.856. The summed E-state index contributed by atoms with van der Waals surface area (Å²) in [5.74, 6) is 0.0427. The Hall–Kier alpha value is -1.55. The zero-order chi connectivity index (χ0) is 16.9. The molecule has 23 heavy (non-hydrogen) atoms. The average molecular weight is 322 g/mol. The van der Waals surface area contributed by atoms with E-state index in [0.29, 0.717) is 19.4 Å². The first-order chi connectivity index (χ1) is 11.1. The van der Waals surface area contributed by atoms with Crippen molar-refractivity contribution in [3.63, 3.8) is 0 Å². The van der Waals surface area contributed by atoms with E-state index >= 15 is 0 Å². The second-order valence-corrected chi connectivity index (χ2v) is 5.96. The number of hydrogen-bond acceptors (Lipinski definition) is 3. The average Bonchev–Trinajstić information content (AvgIpc) is 2.54. The topological polar surface area (TPSA) is 66.8 Å². The smallest absolute Gasteiger partial charge is 0.303 e. The van der Waals surface area contributed by atoms with E-state index < -0.39 is 12.1 Å². The number of aliphatic carboxylic acids is 1. The number of benzene rings is 1. The molecule has 0 bridgehead atoms. The highest BCUT2D eigenvalue weighted by molar-refractivity contribution is 5.66. The highest BCUT2D eigenvalue weighted by atomic mass is 16.5. The maximum absolute atomic E-state index is 10.4. The number of unbranched alkanes of at least 4 members (excludes halogenated alkanes) is 5. The number of hydrogen-bond donors (Lipinski definition) is 2. The molecule has 0 aliphatic carbocycles. The van der Waals surface area contributed by atoms with Gasteiger partial charge >= 0.3 is 5.97 Å². The molecule has 0 saturated carbocycles. The molecule has 0 aliphatic heterocycles. The van der Waals surface area contributed by atoms with Crippen molar-refractivity contribution >= 4 is 5.97 Å². The van der Waals surface area contributed by atoms with Gasteiger partial charge in [-0.25, -0.2) is 0 Å². The van der Waals surface area contributed by atoms with Crippen molar-refractivity contribution in [2.24, 2.45) is 0 Å². The Morgan fingerprint density at radius 3 is 2.57 bits per heavy atom. The predicted octanol–water partition coefficient (Wildman–Crippen LogP) is 4.71. The van der Waals surface area contributed by atoms with Crippen LogP contribution in [0, 0.1) is 0 Å². The Kier molecular flexibility index (Phi) is 10.1. The molecule has 0 saturated heterocycles. The zero-order valence-electron chi connectivity index (χ0n) is 14.2. The predicted molar refractivity (Wildman–Crippen MR) is 91.8 cm³/mol. The first-order valence-corrected chi connectivity index (χ1v) is 8.76. The van der Waals surface area contributed by atoms with Gasteiger partial charge in [0.2, 0.25) is 0 Å². The first-order valence-electron chi connectivity index (χ1n) is 8.76. The summed E-state index contributed by atoms with van der Waals surface area (Å²) in [4.78, 5) is 10.4. The quantitative estimate of drug-likeness (QED) is 0.516. The molecule has 0 aliphatic rings. The van der Waals surface area contributed by atoms with E-state index in [-0.39, 0.29) is 6.42 Å². The molecule has 0 amide bonds. The molecule has 2 N–H and O–H groups in total. The fourth-order valence-corrected chi connectivity index (χ4v) is 2.54. The number of carbonyl (C=O) groups is 1. The van der Waals surface area contributed by atoms with Crippen molar-refractivity contribution in [3.05, 3.63) is 29.8 Å². The maximum Gasteiger partial charge on any atom is 0.303 e. The monoisotopic (exact) mass is 322 g/mol. The van der Waals surface area contributed by atoms with Crippen LogP contribution in [0.1, 0.15) is 76.4 Å². The summed E-state index contributed by atoms with van der Waals surface area (Å²) in [6.45, 7) is 2.85. The molecule has 4 heteroatoms. The van der Waals surface area contributed by atoms with Gasteiger partial charge in [0.25, 0.3) is 0 Å². The van der Waals surface area contributed by atoms with Gasteiger partial charge in [0.05, 0.1) is 12.7 Å². The second kappa shape index (κ2) is 11.9. The van der Waals surface area contributed by atoms with Crippen LogP contribution in [0.25, 0.3) is 0 Å². The molecule has 1 atom stereocenters. The SMILES string of the molecule is CCCCCOc1ccccc1C(O)CCCCCCC(=O)O. The lowest BCUT2D eigenvalue weighted by molar-refractivity contribution is -0.137. The van der Waals surface area contributed by atoms with E-state index in [1.54, 1.807) is 0 Å². The van der Waals surface area contributed by atoms with Crippen molar-refractivity contribution in [1.29, 1.82) is 0 Å². The standard InChI is InChI=1S/C19H30O4/c1-2-3-10-15-23-18-13-9-8-11-16(18)17(20)12-6-4-5-7-14-19(21)22/h8-9,11,13,17,20H,2-7,10,12,14-15H2,1H3,(H,21,22). The van der Waals surface area contributed by atoms with Crippen molar-refractivity contribution < 1.29 is 19.7 Å². The van der Waals surface area contributed by atoms with Gasteiger partial charge in [0, 0.05) is 12.0 Å². The molecule has 130 valence electrons. The number of para-hydroxylation sites is 1. The minimum atomic E-state index is -0.737. The van der Waals surface area contributed by atoms with Crippen molar-refractivity contribution in [2.45, 2.75) is 70.8 Å². The third kappa shape index (κ3) is 8.60. The summed E-state index contributed by atoms with van der Waals surface area (Å²) in [6, 6.07) is 7.68. The largest absolute Gasteiger partial charge is 0.493 e. The molecular weight excluding hydrogens is 292 g/mol. The highest BCUT2D eigenvalue weighted by Gasteiger charge is 2.12. The first kappa shape index (κ1) is 19.5. The van der Waals surface area contributed by atoms with Gasteiger partial charge in [-0.05, 0) is 25.3 Å². The van der Waals surface area contributed by atoms with Crippen LogP contribution in [-0.4, -0.2) is 22.8 Å². The van der Waals surface area contributed by atoms with Crippen LogP contribution in [-0.2, 0) is 4.79 Å². The van der Waals surface area contributed by atoms with Gasteiger partial charge < -0.3 is 14.9 Å². The molecule has 0 aromatic heterocycles. The summed E-state index contributed by atoms with van der Waals surface area (Å²) >= 11 is 0. The van der Waals surface area contributed by atoms with Gasteiger partial charge in [0.15, 0.2) is 0 Å². The van der Waals surface area contributed by atoms with Crippen LogP contribution in [0.2, 0.25) is 0 Å². The normalized spacial score (nSPS) is 12.1. The highest BCUT2D eigenvalue weighted by Crippen LogP contribution is 2.28. The molecule has 0 spiro atoms. The van der Waals surface area contributed by atoms with E-state index in [4.69, 9.17) is 9.84 Å². The lowest BCUT2D eigenvalue weighted by Gasteiger charge is -2.16. The maximum atomic E-state index is 10.4. The fourth-order valence-electron chi connectivity index (χ4n) is 2.54. The third-order valence-electron chi connectivity index (χ3n) is 3.90. The summed E-state index contributed by atoms with van der Waals surface area (Å²) in [5, 5.41) is 19.0. The Bertz CT molecular complexity index is 445. The summed E-state index contributed by atoms with van der Waals surface area (Å²) < 4.78 is 5.81. The molecule has 0 radical (unpaired) electrons. The van der Waals surface area contributed by atoms with E-state index in [1.807, 2.05) is 24.3 Å². The number of aliphatic hydroxyl groups is 1. The van der Waals surface area contributed by atoms with Crippen LogP contribution in [0.3, 0.4) is 0 Å². The van der Waals surface area contributed by atoms with Crippen molar-refractivity contribution in [1.82, 2.24) is 0 Å². The Labute approximate surface area is 139 Å². The molecule has 1 unspecified atom stereocenters. The Balaban J connectivity index is 2.34. The van der Waals surface area contributed by atoms with E-state index in [9.17, 15) is 9.90 Å². The fraction of sp³-hybridized carbons (Fsp3) is 0.632. The molecular formula is C19H30O4. The van der Waals surface area contributed by atoms with Crippen LogP contribution in [0.5, 0.6) is 5.75 Å². The second-order valence-electron chi connectivity index (χ2n) is 5.96. The van der Waals surface area contributed by atoms with E-state index in [0.717, 1.165) is 49.8 Å². The van der Waals surface area contributed by atoms with Crippen LogP contribution in [0.15, 0.2) is 24.3 Å². The van der Waals surface area contributed by atoms with Crippen molar-refractivity contribution in [2.75, 3.05) is 6.61 Å². The molecule has 1 aromatic rings. The molecule has 1 aromatic carbocycles. The molecule has 1 rings (SSSR count). The Morgan fingerprint density at radius 2 is 1.83 bits per heavy atom. The van der Waals surface area contributed by atoms with Gasteiger partial charge in [-0.3, -0.25) is 4.79 Å². The number of carboxylic acids is 1. The van der Waals surface area contributed by atoms with Crippen molar-refractivity contribution in [3.8, 4) is 5.75 Å². The van der Waals surface area contributed by atoms with Gasteiger partial charge in [-0.1, -0.05) is 57.2 Å². The number of rotatable bonds is 13. The van der Waals surface area contributed by atoms with E-state index in [2.05, 4.69) is 6.92 Å². The zero-order valence-corrected chi connectivity index (χ0v) is 14.2. The Morgan fingerprint density at radius 1 is 1.09 bits per heavy atom. The minimum Gasteiger partial charge on any atom is -0.493 e. The van der Waals surface area contributed by atoms with Gasteiger partial charge in [0.1, 0.15) is 5.75 Å². The lowest BCUT2D eigenvalue weighted by Crippen LogP contribution is -2.04. The van der Waals surface area contributed by atoms with Crippen LogP contribution in [0.4, 0.5) is 0 Å².